The normalized spacial score (nSPS) is 34.2. The maximum absolute atomic E-state index is 5.75. The van der Waals surface area contributed by atoms with Crippen LogP contribution >= 0.6 is 11.6 Å². The van der Waals surface area contributed by atoms with Gasteiger partial charge in [0.2, 0.25) is 0 Å². The van der Waals surface area contributed by atoms with Crippen LogP contribution in [0.3, 0.4) is 0 Å². The van der Waals surface area contributed by atoms with Crippen molar-refractivity contribution in [3.05, 3.63) is 19.2 Å². The van der Waals surface area contributed by atoms with Gasteiger partial charge in [-0.05, 0) is 19.4 Å². The van der Waals surface area contributed by atoms with Gasteiger partial charge in [-0.1, -0.05) is 11.6 Å². The predicted molar refractivity (Wildman–Crippen MR) is 32.6 cm³/mol. The minimum Gasteiger partial charge on any atom is -0.162 e. The third-order valence-electron chi connectivity index (χ3n) is 0.971. The van der Waals surface area contributed by atoms with Gasteiger partial charge in [0.25, 0.3) is 0 Å². The van der Waals surface area contributed by atoms with Crippen molar-refractivity contribution in [1.82, 2.24) is 0 Å². The lowest BCUT2D eigenvalue weighted by Gasteiger charge is -2.07. The van der Waals surface area contributed by atoms with Crippen LogP contribution in [0.2, 0.25) is 0 Å². The molecule has 1 rings (SSSR count). The molecule has 0 aromatic heterocycles. The third kappa shape index (κ3) is 0.892. The fourth-order valence-electron chi connectivity index (χ4n) is 0.444. The van der Waals surface area contributed by atoms with Gasteiger partial charge < -0.3 is 0 Å². The van der Waals surface area contributed by atoms with Crippen LogP contribution in [0, 0.1) is 6.92 Å². The van der Waals surface area contributed by atoms with E-state index in [2.05, 4.69) is 17.2 Å². The molecule has 1 aliphatic rings. The molecule has 0 aromatic carbocycles. The molecule has 0 fully saturated rings. The van der Waals surface area contributed by atoms with Crippen LogP contribution in [0.1, 0.15) is 6.42 Å². The van der Waals surface area contributed by atoms with E-state index in [0.29, 0.717) is 6.42 Å². The van der Waals surface area contributed by atoms with Crippen LogP contribution in [0.25, 0.3) is 0 Å². The summed E-state index contributed by atoms with van der Waals surface area (Å²) in [6.45, 7) is 3.60. The molecule has 1 atom stereocenters. The molecule has 2 nitrogen and oxygen atoms in total. The molecule has 0 aliphatic carbocycles. The van der Waals surface area contributed by atoms with Gasteiger partial charge in [0.1, 0.15) is 0 Å². The standard InChI is InChI=1S/C5H6ClN2/c1-2-5(6)3-4-7-8-5/h3-4H,1-2H2. The predicted octanol–water partition coefficient (Wildman–Crippen LogP) is 2.13. The molecule has 0 spiro atoms. The molecule has 0 N–H and O–H groups in total. The Hall–Kier alpha value is -0.370. The second-order valence-corrected chi connectivity index (χ2v) is 2.25. The Balaban J connectivity index is 2.69. The molecule has 43 valence electrons. The van der Waals surface area contributed by atoms with Gasteiger partial charge >= 0.3 is 0 Å². The molecule has 1 radical (unpaired) electrons. The number of hydrogen-bond donors (Lipinski definition) is 0. The molecular weight excluding hydrogens is 124 g/mol. The molecule has 0 saturated heterocycles. The molecule has 8 heavy (non-hydrogen) atoms. The lowest BCUT2D eigenvalue weighted by atomic mass is 10.2. The molecular formula is C5H6ClN2. The maximum Gasteiger partial charge on any atom is 0.175 e. The topological polar surface area (TPSA) is 24.7 Å². The fraction of sp³-hybridized carbons (Fsp3) is 0.400. The third-order valence-corrected chi connectivity index (χ3v) is 1.36. The van der Waals surface area contributed by atoms with Gasteiger partial charge in [-0.25, -0.2) is 0 Å². The number of rotatable bonds is 1. The van der Waals surface area contributed by atoms with Gasteiger partial charge in [0.15, 0.2) is 5.00 Å². The van der Waals surface area contributed by atoms with E-state index in [9.17, 15) is 0 Å². The van der Waals surface area contributed by atoms with Gasteiger partial charge in [-0.2, -0.15) is 10.2 Å². The Morgan fingerprint density at radius 3 is 2.75 bits per heavy atom. The van der Waals surface area contributed by atoms with Crippen LogP contribution < -0.4 is 0 Å². The summed E-state index contributed by atoms with van der Waals surface area (Å²) in [5.74, 6) is 0. The lowest BCUT2D eigenvalue weighted by molar-refractivity contribution is 0.734. The van der Waals surface area contributed by atoms with E-state index in [-0.39, 0.29) is 0 Å². The second-order valence-electron chi connectivity index (χ2n) is 1.60. The van der Waals surface area contributed by atoms with Gasteiger partial charge in [-0.3, -0.25) is 0 Å². The number of hydrogen-bond acceptors (Lipinski definition) is 2. The van der Waals surface area contributed by atoms with Gasteiger partial charge in [0.05, 0.1) is 0 Å². The molecule has 1 aliphatic heterocycles. The largest absolute Gasteiger partial charge is 0.175 e. The van der Waals surface area contributed by atoms with Crippen molar-refractivity contribution in [3.63, 3.8) is 0 Å². The smallest absolute Gasteiger partial charge is 0.162 e. The van der Waals surface area contributed by atoms with Crippen LogP contribution in [0.15, 0.2) is 22.5 Å². The van der Waals surface area contributed by atoms with Gasteiger partial charge in [0, 0.05) is 6.20 Å². The van der Waals surface area contributed by atoms with Gasteiger partial charge in [-0.15, -0.1) is 0 Å². The molecule has 1 heterocycles. The van der Waals surface area contributed by atoms with E-state index in [1.807, 2.05) is 0 Å². The Morgan fingerprint density at radius 1 is 1.75 bits per heavy atom. The minimum atomic E-state index is -0.625. The summed E-state index contributed by atoms with van der Waals surface area (Å²) in [5, 5.41) is 7.28. The molecule has 0 saturated carbocycles. The number of nitrogens with zero attached hydrogens (tertiary/aromatic N) is 2. The first-order valence-corrected chi connectivity index (χ1v) is 2.72. The van der Waals surface area contributed by atoms with Crippen molar-refractivity contribution >= 4 is 11.6 Å². The summed E-state index contributed by atoms with van der Waals surface area (Å²) < 4.78 is 0. The van der Waals surface area contributed by atoms with Crippen molar-refractivity contribution in [2.75, 3.05) is 0 Å². The van der Waals surface area contributed by atoms with Crippen molar-refractivity contribution in [2.45, 2.75) is 11.4 Å². The molecule has 1 unspecified atom stereocenters. The van der Waals surface area contributed by atoms with Crippen molar-refractivity contribution < 1.29 is 0 Å². The monoisotopic (exact) mass is 129 g/mol. The minimum absolute atomic E-state index is 0.550. The highest BCUT2D eigenvalue weighted by Crippen LogP contribution is 2.26. The Labute approximate surface area is 53.3 Å². The lowest BCUT2D eigenvalue weighted by Crippen LogP contribution is -2.08. The first kappa shape index (κ1) is 5.76. The van der Waals surface area contributed by atoms with E-state index >= 15 is 0 Å². The second kappa shape index (κ2) is 1.86. The number of alkyl halides is 1. The number of halogens is 1. The SMILES string of the molecule is [CH2]CC1(Cl)C=CN=N1. The summed E-state index contributed by atoms with van der Waals surface area (Å²) in [5.41, 5.74) is 0. The highest BCUT2D eigenvalue weighted by molar-refractivity contribution is 6.25. The maximum atomic E-state index is 5.75. The van der Waals surface area contributed by atoms with Crippen LogP contribution in [-0.2, 0) is 0 Å². The van der Waals surface area contributed by atoms with E-state index in [1.54, 1.807) is 12.3 Å². The average Bonchev–Trinajstić information content (AvgIpc) is 2.17. The Kier molecular flexibility index (Phi) is 1.34. The number of azo groups is 1. The molecule has 0 aromatic rings. The Bertz CT molecular complexity index is 127. The fourth-order valence-corrected chi connectivity index (χ4v) is 0.544. The summed E-state index contributed by atoms with van der Waals surface area (Å²) in [7, 11) is 0. The molecule has 0 amide bonds. The van der Waals surface area contributed by atoms with Crippen LogP contribution in [-0.4, -0.2) is 5.00 Å². The quantitative estimate of drug-likeness (QED) is 0.383. The van der Waals surface area contributed by atoms with E-state index in [1.165, 1.54) is 0 Å². The van der Waals surface area contributed by atoms with Crippen molar-refractivity contribution in [3.8, 4) is 0 Å². The zero-order chi connectivity index (χ0) is 6.04. The Morgan fingerprint density at radius 2 is 2.50 bits per heavy atom. The molecule has 0 bridgehead atoms. The first-order chi connectivity index (χ1) is 3.77. The van der Waals surface area contributed by atoms with E-state index in [4.69, 9.17) is 11.6 Å². The highest BCUT2D eigenvalue weighted by Gasteiger charge is 2.22. The van der Waals surface area contributed by atoms with Crippen molar-refractivity contribution in [2.24, 2.45) is 10.2 Å². The van der Waals surface area contributed by atoms with Crippen LogP contribution in [0.4, 0.5) is 0 Å². The molecule has 3 heteroatoms. The van der Waals surface area contributed by atoms with Crippen molar-refractivity contribution in [1.29, 1.82) is 0 Å². The van der Waals surface area contributed by atoms with Crippen LogP contribution in [0.5, 0.6) is 0 Å². The summed E-state index contributed by atoms with van der Waals surface area (Å²) >= 11 is 5.75. The van der Waals surface area contributed by atoms with E-state index < -0.39 is 5.00 Å². The summed E-state index contributed by atoms with van der Waals surface area (Å²) in [4.78, 5) is -0.625. The summed E-state index contributed by atoms with van der Waals surface area (Å²) in [6.07, 6.45) is 3.86. The zero-order valence-corrected chi connectivity index (χ0v) is 5.10. The highest BCUT2D eigenvalue weighted by atomic mass is 35.5. The van der Waals surface area contributed by atoms with E-state index in [0.717, 1.165) is 0 Å². The average molecular weight is 130 g/mol. The summed E-state index contributed by atoms with van der Waals surface area (Å²) in [6, 6.07) is 0. The first-order valence-electron chi connectivity index (χ1n) is 2.35. The zero-order valence-electron chi connectivity index (χ0n) is 4.34.